The molecule has 0 rings (SSSR count). The molecule has 0 saturated heterocycles. The average Bonchev–Trinajstić information content (AvgIpc) is 1.01. The molecule has 0 spiro atoms. The summed E-state index contributed by atoms with van der Waals surface area (Å²) in [6.45, 7) is 20.1. The van der Waals surface area contributed by atoms with E-state index in [1.54, 1.807) is 171 Å². The highest BCUT2D eigenvalue weighted by Gasteiger charge is 2.27. The zero-order chi connectivity index (χ0) is 88.9. The highest BCUT2D eigenvalue weighted by Crippen LogP contribution is 2.13. The van der Waals surface area contributed by atoms with Gasteiger partial charge in [0.15, 0.2) is 0 Å². The summed E-state index contributed by atoms with van der Waals surface area (Å²) < 4.78 is 196. The van der Waals surface area contributed by atoms with E-state index >= 15 is 0 Å². The third-order valence-corrected chi connectivity index (χ3v) is 8.41. The van der Waals surface area contributed by atoms with Gasteiger partial charge in [-0.05, 0) is 26.7 Å². The van der Waals surface area contributed by atoms with E-state index < -0.39 is 24.9 Å². The van der Waals surface area contributed by atoms with Crippen LogP contribution in [0, 0.1) is 0 Å². The molecular formula is C68H152F4O37. The summed E-state index contributed by atoms with van der Waals surface area (Å²) in [6, 6.07) is 0. The van der Waals surface area contributed by atoms with Crippen molar-refractivity contribution in [1.29, 1.82) is 0 Å². The van der Waals surface area contributed by atoms with Crippen LogP contribution in [0.3, 0.4) is 0 Å². The molecule has 0 aliphatic rings. The number of methoxy groups -OCH3 is 34. The minimum absolute atomic E-state index is 0.0382. The van der Waals surface area contributed by atoms with E-state index in [-0.39, 0.29) is 24.8 Å². The van der Waals surface area contributed by atoms with Crippen molar-refractivity contribution in [2.45, 2.75) is 51.5 Å². The molecular weight excluding hydrogens is 1480 g/mol. The highest BCUT2D eigenvalue weighted by molar-refractivity contribution is 5.70. The molecule has 2 unspecified atom stereocenters. The van der Waals surface area contributed by atoms with Crippen LogP contribution in [-0.4, -0.2) is 384 Å². The number of halogens is 4. The summed E-state index contributed by atoms with van der Waals surface area (Å²) in [5, 5.41) is 0. The summed E-state index contributed by atoms with van der Waals surface area (Å²) >= 11 is 0. The Labute approximate surface area is 652 Å². The Hall–Kier alpha value is -5.43. The Morgan fingerprint density at radius 3 is 0.560 bits per heavy atom. The summed E-state index contributed by atoms with van der Waals surface area (Å²) in [5.41, 5.74) is 0. The van der Waals surface area contributed by atoms with Crippen molar-refractivity contribution in [3.63, 3.8) is 0 Å². The predicted octanol–water partition coefficient (Wildman–Crippen LogP) is 9.06. The Morgan fingerprint density at radius 1 is 0.284 bits per heavy atom. The van der Waals surface area contributed by atoms with Crippen LogP contribution in [0.1, 0.15) is 26.7 Å². The van der Waals surface area contributed by atoms with Gasteiger partial charge in [-0.3, -0.25) is 18.9 Å². The minimum Gasteiger partial charge on any atom is -0.501 e. The molecule has 0 aliphatic carbocycles. The summed E-state index contributed by atoms with van der Waals surface area (Å²) in [5.74, 6) is 0.965. The molecule has 674 valence electrons. The van der Waals surface area contributed by atoms with Crippen molar-refractivity contribution in [3.05, 3.63) is 49.7 Å². The fraction of sp³-hybridized carbons (Fsp3) is 0.838. The van der Waals surface area contributed by atoms with Gasteiger partial charge in [-0.1, -0.05) is 13.2 Å². The maximum atomic E-state index is 11.4. The van der Waals surface area contributed by atoms with Crippen molar-refractivity contribution in [2.75, 3.05) is 341 Å². The van der Waals surface area contributed by atoms with Crippen LogP contribution < -0.4 is 0 Å². The zero-order valence-corrected chi connectivity index (χ0v) is 73.0. The fourth-order valence-corrected chi connectivity index (χ4v) is 3.04. The Bertz CT molecular complexity index is 1380. The van der Waals surface area contributed by atoms with E-state index in [1.807, 2.05) is 13.8 Å². The molecule has 0 fully saturated rings. The van der Waals surface area contributed by atoms with Crippen LogP contribution in [0.5, 0.6) is 0 Å². The molecule has 0 N–H and O–H groups in total. The van der Waals surface area contributed by atoms with Gasteiger partial charge < -0.3 is 142 Å². The van der Waals surface area contributed by atoms with E-state index in [4.69, 9.17) is 37.9 Å². The van der Waals surface area contributed by atoms with Crippen molar-refractivity contribution in [1.82, 2.24) is 0 Å². The third kappa shape index (κ3) is 257. The molecule has 0 aliphatic heterocycles. The van der Waals surface area contributed by atoms with E-state index in [1.165, 1.54) is 67.7 Å². The maximum absolute atomic E-state index is 11.4. The summed E-state index contributed by atoms with van der Waals surface area (Å²) in [4.78, 5) is 29.5. The molecule has 37 nitrogen and oxygen atoms in total. The first-order valence-corrected chi connectivity index (χ1v) is 31.2. The number of esters is 1. The second-order valence-corrected chi connectivity index (χ2v) is 17.0. The molecule has 0 aromatic heterocycles. The monoisotopic (exact) mass is 1640 g/mol. The largest absolute Gasteiger partial charge is 0.507 e. The fourth-order valence-electron chi connectivity index (χ4n) is 3.04. The lowest BCUT2D eigenvalue weighted by molar-refractivity contribution is -0.373. The van der Waals surface area contributed by atoms with Crippen molar-refractivity contribution >= 4 is 18.3 Å². The molecule has 0 radical (unpaired) electrons. The van der Waals surface area contributed by atoms with Crippen LogP contribution >= 0.6 is 0 Å². The molecule has 109 heavy (non-hydrogen) atoms. The number of carbonyl (C=O) groups is 3. The van der Waals surface area contributed by atoms with Gasteiger partial charge in [-0.2, -0.15) is 0 Å². The lowest BCUT2D eigenvalue weighted by Gasteiger charge is -2.08. The molecule has 0 bridgehead atoms. The molecule has 0 saturated carbocycles. The van der Waals surface area contributed by atoms with Gasteiger partial charge in [-0.15, -0.1) is 17.6 Å². The molecule has 0 aromatic carbocycles. The smallest absolute Gasteiger partial charge is 0.501 e. The van der Waals surface area contributed by atoms with E-state index in [0.29, 0.717) is 78.0 Å². The van der Waals surface area contributed by atoms with Crippen molar-refractivity contribution in [2.24, 2.45) is 0 Å². The number of carbonyl (C=O) groups excluding carboxylic acids is 3. The molecule has 2 atom stereocenters. The number of ether oxygens (including phenoxy) is 34. The average molecular weight is 1640 g/mol. The van der Waals surface area contributed by atoms with E-state index in [0.717, 1.165) is 67.7 Å². The SMILES string of the molecule is C=C(COC)OC.C=C(COC)OC.CO/C=C/OC.CO/C=C/OC.COC(=O)OC.COC(=O)OC.COC(F)(F)OC.COC(F)(F)OC.COCC(=O)OC.COCC(C)OC.COCC(C)OC.COCCCOC.COCCCOC.COCCOC.COCCOC.COCOC.COCOC. The Balaban J connectivity index is -0.0000000551. The van der Waals surface area contributed by atoms with Crippen LogP contribution in [0.15, 0.2) is 49.7 Å². The van der Waals surface area contributed by atoms with Gasteiger partial charge in [0.2, 0.25) is 0 Å². The normalized spacial score (nSPS) is 9.69. The third-order valence-electron chi connectivity index (χ3n) is 8.41. The Kier molecular flexibility index (Phi) is 207. The van der Waals surface area contributed by atoms with Crippen molar-refractivity contribution in [3.8, 4) is 0 Å². The lowest BCUT2D eigenvalue weighted by atomic mass is 10.4. The molecule has 0 heterocycles. The first kappa shape index (κ1) is 145. The van der Waals surface area contributed by atoms with Crippen LogP contribution in [0.4, 0.5) is 27.2 Å². The Morgan fingerprint density at radius 2 is 0.495 bits per heavy atom. The number of hydrogen-bond acceptors (Lipinski definition) is 37. The van der Waals surface area contributed by atoms with Gasteiger partial charge in [0.25, 0.3) is 0 Å². The molecule has 0 amide bonds. The summed E-state index contributed by atoms with van der Waals surface area (Å²) in [6.07, 6.45) is 0.125. The first-order chi connectivity index (χ1) is 51.7. The van der Waals surface area contributed by atoms with Crippen LogP contribution in [-0.2, 0) is 166 Å². The van der Waals surface area contributed by atoms with Crippen LogP contribution in [0.2, 0.25) is 0 Å². The van der Waals surface area contributed by atoms with Gasteiger partial charge in [0.1, 0.15) is 70.0 Å². The summed E-state index contributed by atoms with van der Waals surface area (Å²) in [7, 11) is 50.2. The number of alkyl halides is 4. The molecule has 41 heteroatoms. The standard InChI is InChI=1S/2C5H12O2.2C5H10O2.2C5H12O2.C4H8O3.2C4H10O2.2C4H8O2.2C3H6F2O2.2C3H6O3.2C3H8O2/c4*1-5(7-3)4-6-2;2*1-6-4-3-5-7-2;1-6-3-4(5)7-2;4*1-5-3-4-6-2;2*1-6-3(4,5)7-2;2*1-5-3(4)6-2;2*1-4-3-5-2/h2*5H,4H2,1-3H3;2*1,4H2,2-3H3;2*3-5H2,1-2H3;3H2,1-2H3;2*3-4H2,1-2H3;2*3-4H,1-2H3;2*1-2H3;2*1-2H3;2*3H2,1-2H3/b;;;;;;;;;2*4-3+;;;;;;. The van der Waals surface area contributed by atoms with Crippen LogP contribution in [0.25, 0.3) is 0 Å². The predicted molar refractivity (Wildman–Crippen MR) is 402 cm³/mol. The van der Waals surface area contributed by atoms with E-state index in [9.17, 15) is 31.9 Å². The number of hydrogen-bond donors (Lipinski definition) is 0. The van der Waals surface area contributed by atoms with Gasteiger partial charge in [-0.25, -0.2) is 14.4 Å². The lowest BCUT2D eigenvalue weighted by Crippen LogP contribution is -2.20. The quantitative estimate of drug-likeness (QED) is 0.0138. The topological polar surface area (TPSA) is 365 Å². The van der Waals surface area contributed by atoms with E-state index in [2.05, 4.69) is 136 Å². The maximum Gasteiger partial charge on any atom is 0.507 e. The second-order valence-electron chi connectivity index (χ2n) is 17.0. The van der Waals surface area contributed by atoms with Crippen molar-refractivity contribution < 1.29 is 193 Å². The molecule has 0 aromatic rings. The van der Waals surface area contributed by atoms with Gasteiger partial charge in [0, 0.05) is 190 Å². The minimum atomic E-state index is -3.42. The zero-order valence-electron chi connectivity index (χ0n) is 73.0. The van der Waals surface area contributed by atoms with Gasteiger partial charge >= 0.3 is 30.9 Å². The highest BCUT2D eigenvalue weighted by atomic mass is 19.3. The first-order valence-electron chi connectivity index (χ1n) is 31.2. The number of rotatable bonds is 40. The van der Waals surface area contributed by atoms with Gasteiger partial charge in [0.05, 0.1) is 130 Å². The second kappa shape index (κ2) is 155.